The van der Waals surface area contributed by atoms with Gasteiger partial charge in [0.25, 0.3) is 0 Å². The van der Waals surface area contributed by atoms with Gasteiger partial charge in [0.2, 0.25) is 15.9 Å². The molecular formula is C21H27FN2O4S. The molecule has 1 saturated heterocycles. The number of piperidine rings is 1. The van der Waals surface area contributed by atoms with Crippen LogP contribution >= 0.6 is 0 Å². The van der Waals surface area contributed by atoms with Crippen molar-refractivity contribution < 1.29 is 22.3 Å². The number of aromatic nitrogens is 1. The molecule has 0 bridgehead atoms. The van der Waals surface area contributed by atoms with E-state index >= 15 is 0 Å². The van der Waals surface area contributed by atoms with Crippen LogP contribution in [-0.4, -0.2) is 44.0 Å². The fourth-order valence-electron chi connectivity index (χ4n) is 3.38. The summed E-state index contributed by atoms with van der Waals surface area (Å²) in [4.78, 5) is 4.09. The van der Waals surface area contributed by atoms with Crippen molar-refractivity contribution in [1.29, 1.82) is 0 Å². The number of ether oxygens (including phenoxy) is 2. The van der Waals surface area contributed by atoms with Gasteiger partial charge in [0.05, 0.1) is 19.9 Å². The number of benzene rings is 1. The number of hydrogen-bond donors (Lipinski definition) is 0. The molecule has 6 nitrogen and oxygen atoms in total. The Bertz CT molecular complexity index is 956. The van der Waals surface area contributed by atoms with Crippen LogP contribution in [0.5, 0.6) is 11.6 Å². The molecule has 1 atom stereocenters. The lowest BCUT2D eigenvalue weighted by atomic mass is 9.86. The largest absolute Gasteiger partial charge is 0.489 e. The van der Waals surface area contributed by atoms with E-state index in [9.17, 15) is 12.8 Å². The molecule has 3 rings (SSSR count). The summed E-state index contributed by atoms with van der Waals surface area (Å²) >= 11 is 0. The van der Waals surface area contributed by atoms with Crippen LogP contribution in [0.25, 0.3) is 0 Å². The van der Waals surface area contributed by atoms with Crippen LogP contribution < -0.4 is 9.47 Å². The number of nitrogens with zero attached hydrogens (tertiary/aromatic N) is 2. The van der Waals surface area contributed by atoms with Crippen molar-refractivity contribution in [1.82, 2.24) is 9.29 Å². The van der Waals surface area contributed by atoms with Gasteiger partial charge in [-0.15, -0.1) is 0 Å². The molecule has 2 heterocycles. The molecular weight excluding hydrogens is 395 g/mol. The van der Waals surface area contributed by atoms with Gasteiger partial charge in [0.1, 0.15) is 22.6 Å². The Hall–Kier alpha value is -2.19. The van der Waals surface area contributed by atoms with E-state index in [-0.39, 0.29) is 28.8 Å². The van der Waals surface area contributed by atoms with Crippen molar-refractivity contribution in [2.75, 3.05) is 20.2 Å². The van der Waals surface area contributed by atoms with Gasteiger partial charge >= 0.3 is 0 Å². The Morgan fingerprint density at radius 1 is 1.21 bits per heavy atom. The molecule has 1 aliphatic rings. The summed E-state index contributed by atoms with van der Waals surface area (Å²) in [6, 6.07) is 7.84. The van der Waals surface area contributed by atoms with Crippen LogP contribution in [0.15, 0.2) is 41.4 Å². The van der Waals surface area contributed by atoms with Gasteiger partial charge in [0, 0.05) is 18.7 Å². The first-order valence-corrected chi connectivity index (χ1v) is 11.0. The van der Waals surface area contributed by atoms with Gasteiger partial charge in [-0.3, -0.25) is 0 Å². The van der Waals surface area contributed by atoms with Crippen LogP contribution in [0.1, 0.15) is 39.2 Å². The number of pyridine rings is 1. The Labute approximate surface area is 171 Å². The highest BCUT2D eigenvalue weighted by Crippen LogP contribution is 2.29. The SMILES string of the molecule is COc1ccc(S(=O)(=O)N2CCCC(Oc3ccc(C(C)(C)C)c(F)c3)C2)cn1. The zero-order valence-corrected chi connectivity index (χ0v) is 18.0. The first kappa shape index (κ1) is 21.5. The van der Waals surface area contributed by atoms with Crippen LogP contribution in [0.3, 0.4) is 0 Å². The van der Waals surface area contributed by atoms with Crippen LogP contribution in [0, 0.1) is 5.82 Å². The summed E-state index contributed by atoms with van der Waals surface area (Å²) in [5, 5.41) is 0. The van der Waals surface area contributed by atoms with E-state index < -0.39 is 10.0 Å². The Morgan fingerprint density at radius 3 is 2.55 bits per heavy atom. The maximum Gasteiger partial charge on any atom is 0.244 e. The number of sulfonamides is 1. The number of methoxy groups -OCH3 is 1. The van der Waals surface area contributed by atoms with Gasteiger partial charge in [-0.1, -0.05) is 26.8 Å². The second-order valence-electron chi connectivity index (χ2n) is 8.17. The van der Waals surface area contributed by atoms with Crippen LogP contribution in [0.4, 0.5) is 4.39 Å². The Kier molecular flexibility index (Phi) is 6.14. The molecule has 0 radical (unpaired) electrons. The first-order chi connectivity index (χ1) is 13.6. The van der Waals surface area contributed by atoms with Crippen molar-refractivity contribution in [2.45, 2.75) is 50.0 Å². The lowest BCUT2D eigenvalue weighted by Gasteiger charge is -2.32. The molecule has 2 aromatic rings. The van der Waals surface area contributed by atoms with Gasteiger partial charge in [0.15, 0.2) is 0 Å². The molecule has 1 aliphatic heterocycles. The second kappa shape index (κ2) is 8.28. The molecule has 0 spiro atoms. The van der Waals surface area contributed by atoms with Crippen molar-refractivity contribution in [3.05, 3.63) is 47.9 Å². The smallest absolute Gasteiger partial charge is 0.244 e. The van der Waals surface area contributed by atoms with Crippen molar-refractivity contribution in [3.8, 4) is 11.6 Å². The van der Waals surface area contributed by atoms with Crippen molar-refractivity contribution in [2.24, 2.45) is 0 Å². The summed E-state index contributed by atoms with van der Waals surface area (Å²) in [7, 11) is -2.21. The highest BCUT2D eigenvalue weighted by molar-refractivity contribution is 7.89. The number of hydrogen-bond acceptors (Lipinski definition) is 5. The first-order valence-electron chi connectivity index (χ1n) is 9.58. The molecule has 0 saturated carbocycles. The minimum absolute atomic E-state index is 0.111. The third-order valence-electron chi connectivity index (χ3n) is 4.95. The molecule has 0 aliphatic carbocycles. The third kappa shape index (κ3) is 4.87. The number of halogens is 1. The van der Waals surface area contributed by atoms with Crippen LogP contribution in [-0.2, 0) is 15.4 Å². The van der Waals surface area contributed by atoms with E-state index in [2.05, 4.69) is 4.98 Å². The normalized spacial score (nSPS) is 18.4. The zero-order valence-electron chi connectivity index (χ0n) is 17.2. The van der Waals surface area contributed by atoms with Crippen molar-refractivity contribution >= 4 is 10.0 Å². The van der Waals surface area contributed by atoms with E-state index in [0.29, 0.717) is 36.6 Å². The van der Waals surface area contributed by atoms with Crippen LogP contribution in [0.2, 0.25) is 0 Å². The summed E-state index contributed by atoms with van der Waals surface area (Å²) in [5.41, 5.74) is 0.315. The highest BCUT2D eigenvalue weighted by Gasteiger charge is 2.31. The van der Waals surface area contributed by atoms with E-state index in [0.717, 1.165) is 0 Å². The Morgan fingerprint density at radius 2 is 1.97 bits per heavy atom. The van der Waals surface area contributed by atoms with Gasteiger partial charge in [-0.2, -0.15) is 4.31 Å². The molecule has 0 N–H and O–H groups in total. The highest BCUT2D eigenvalue weighted by atomic mass is 32.2. The maximum absolute atomic E-state index is 14.4. The lowest BCUT2D eigenvalue weighted by Crippen LogP contribution is -2.44. The molecule has 1 aromatic carbocycles. The molecule has 29 heavy (non-hydrogen) atoms. The fraction of sp³-hybridized carbons (Fsp3) is 0.476. The number of rotatable bonds is 5. The minimum atomic E-state index is -3.69. The summed E-state index contributed by atoms with van der Waals surface area (Å²) in [6.07, 6.45) is 2.31. The molecule has 1 aromatic heterocycles. The summed E-state index contributed by atoms with van der Waals surface area (Å²) in [5.74, 6) is 0.440. The van der Waals surface area contributed by atoms with Gasteiger partial charge < -0.3 is 9.47 Å². The topological polar surface area (TPSA) is 68.7 Å². The average molecular weight is 423 g/mol. The molecule has 1 unspecified atom stereocenters. The quantitative estimate of drug-likeness (QED) is 0.734. The van der Waals surface area contributed by atoms with Crippen molar-refractivity contribution in [3.63, 3.8) is 0 Å². The second-order valence-corrected chi connectivity index (χ2v) is 10.1. The van der Waals surface area contributed by atoms with Gasteiger partial charge in [-0.05, 0) is 36.0 Å². The molecule has 0 amide bonds. The third-order valence-corrected chi connectivity index (χ3v) is 6.80. The minimum Gasteiger partial charge on any atom is -0.489 e. The van der Waals surface area contributed by atoms with Gasteiger partial charge in [-0.25, -0.2) is 17.8 Å². The standard InChI is InChI=1S/C21H27FN2O4S/c1-21(2,3)18-9-7-15(12-19(18)22)28-16-6-5-11-24(14-16)29(25,26)17-8-10-20(27-4)23-13-17/h7-10,12-13,16H,5-6,11,14H2,1-4H3. The summed E-state index contributed by atoms with van der Waals surface area (Å²) < 4.78 is 52.6. The Balaban J connectivity index is 1.72. The molecule has 158 valence electrons. The fourth-order valence-corrected chi connectivity index (χ4v) is 4.83. The predicted molar refractivity (Wildman–Crippen MR) is 108 cm³/mol. The summed E-state index contributed by atoms with van der Waals surface area (Å²) in [6.45, 7) is 6.46. The lowest BCUT2D eigenvalue weighted by molar-refractivity contribution is 0.129. The average Bonchev–Trinajstić information content (AvgIpc) is 2.67. The van der Waals surface area contributed by atoms with E-state index in [1.165, 1.54) is 35.8 Å². The van der Waals surface area contributed by atoms with E-state index in [1.54, 1.807) is 12.1 Å². The van der Waals surface area contributed by atoms with E-state index in [4.69, 9.17) is 9.47 Å². The maximum atomic E-state index is 14.4. The monoisotopic (exact) mass is 422 g/mol. The van der Waals surface area contributed by atoms with E-state index in [1.807, 2.05) is 20.8 Å². The molecule has 1 fully saturated rings. The zero-order chi connectivity index (χ0) is 21.2. The predicted octanol–water partition coefficient (Wildman–Crippen LogP) is 3.76. The molecule has 8 heteroatoms.